The Balaban J connectivity index is 1.57. The molecule has 0 unspecified atom stereocenters. The largest absolute Gasteiger partial charge is 0.404 e. The summed E-state index contributed by atoms with van der Waals surface area (Å²) in [6.45, 7) is 0.882. The average molecular weight is 519 g/mol. The molecule has 3 aromatic heterocycles. The number of nitrogens with one attached hydrogen (secondary N) is 1. The van der Waals surface area contributed by atoms with Crippen LogP contribution >= 0.6 is 11.6 Å². The van der Waals surface area contributed by atoms with Crippen molar-refractivity contribution < 1.29 is 13.2 Å². The maximum absolute atomic E-state index is 15.1. The third-order valence-corrected chi connectivity index (χ3v) is 7.35. The van der Waals surface area contributed by atoms with Gasteiger partial charge in [0.15, 0.2) is 5.82 Å². The van der Waals surface area contributed by atoms with Crippen LogP contribution in [-0.2, 0) is 18.5 Å². The normalized spacial score (nSPS) is 19.5. The molecule has 36 heavy (non-hydrogen) atoms. The molecule has 2 aliphatic rings. The Morgan fingerprint density at radius 3 is 2.72 bits per heavy atom. The highest BCUT2D eigenvalue weighted by Gasteiger charge is 2.58. The standard InChI is InChI=1S/C24H26ClF3N8/c1-23(27,28)24(5-3-6-24)22-34-33-21-18-8-14(11-35(18)12-15(26)13-36(21)22)16-9-20(31-10-17(16)25)32-19(30-2)4-7-29/h4,7-11,15H,3,5-6,12-13,29H2,1-2H3,(H,30,31,32)/t15-/m0/s1. The van der Waals surface area contributed by atoms with Gasteiger partial charge < -0.3 is 20.2 Å². The number of aromatic nitrogens is 5. The predicted octanol–water partition coefficient (Wildman–Crippen LogP) is 4.80. The summed E-state index contributed by atoms with van der Waals surface area (Å²) < 4.78 is 47.8. The maximum atomic E-state index is 15.1. The van der Waals surface area contributed by atoms with E-state index in [0.29, 0.717) is 58.6 Å². The third kappa shape index (κ3) is 3.95. The van der Waals surface area contributed by atoms with Gasteiger partial charge in [0.05, 0.1) is 29.2 Å². The molecule has 5 rings (SSSR count). The van der Waals surface area contributed by atoms with E-state index in [1.165, 1.54) is 17.0 Å². The summed E-state index contributed by atoms with van der Waals surface area (Å²) in [5, 5.41) is 11.9. The number of fused-ring (bicyclic) bond motifs is 3. The molecule has 0 bridgehead atoms. The lowest BCUT2D eigenvalue weighted by molar-refractivity contribution is -0.103. The summed E-state index contributed by atoms with van der Waals surface area (Å²) >= 11 is 6.47. The Kier molecular flexibility index (Phi) is 6.06. The van der Waals surface area contributed by atoms with Crippen LogP contribution in [-0.4, -0.2) is 49.3 Å². The molecule has 8 nitrogen and oxygen atoms in total. The van der Waals surface area contributed by atoms with Crippen molar-refractivity contribution in [1.29, 1.82) is 0 Å². The Morgan fingerprint density at radius 2 is 2.08 bits per heavy atom. The fourth-order valence-electron chi connectivity index (χ4n) is 5.00. The van der Waals surface area contributed by atoms with Crippen LogP contribution in [0, 0.1) is 0 Å². The SMILES string of the molecule is CN=C(C=CN)Nc1cc(-c2cc3n(c2)C[C@H](F)Cn2c-3nnc2C2(C(C)(F)F)CCC2)c(Cl)cn1. The van der Waals surface area contributed by atoms with E-state index in [4.69, 9.17) is 17.3 Å². The first-order valence-corrected chi connectivity index (χ1v) is 12.0. The Morgan fingerprint density at radius 1 is 1.31 bits per heavy atom. The van der Waals surface area contributed by atoms with Gasteiger partial charge in [0, 0.05) is 37.5 Å². The zero-order valence-corrected chi connectivity index (χ0v) is 20.6. The van der Waals surface area contributed by atoms with E-state index in [0.717, 1.165) is 6.92 Å². The summed E-state index contributed by atoms with van der Waals surface area (Å²) in [4.78, 5) is 8.38. The van der Waals surface area contributed by atoms with Gasteiger partial charge in [0.1, 0.15) is 23.6 Å². The minimum Gasteiger partial charge on any atom is -0.404 e. The summed E-state index contributed by atoms with van der Waals surface area (Å²) in [6, 6.07) is 3.57. The molecule has 4 heterocycles. The molecule has 1 saturated carbocycles. The molecular weight excluding hydrogens is 493 g/mol. The van der Waals surface area contributed by atoms with E-state index in [1.54, 1.807) is 30.0 Å². The van der Waals surface area contributed by atoms with E-state index in [2.05, 4.69) is 25.5 Å². The van der Waals surface area contributed by atoms with Gasteiger partial charge in [-0.3, -0.25) is 4.99 Å². The fraction of sp³-hybridized carbons (Fsp3) is 0.417. The lowest BCUT2D eigenvalue weighted by atomic mass is 9.64. The molecule has 0 saturated heterocycles. The van der Waals surface area contributed by atoms with Crippen LogP contribution in [0.2, 0.25) is 5.02 Å². The van der Waals surface area contributed by atoms with Crippen molar-refractivity contribution >= 4 is 23.3 Å². The maximum Gasteiger partial charge on any atom is 0.257 e. The molecule has 1 aliphatic heterocycles. The molecule has 12 heteroatoms. The van der Waals surface area contributed by atoms with E-state index in [-0.39, 0.29) is 18.9 Å². The second kappa shape index (κ2) is 8.95. The highest BCUT2D eigenvalue weighted by atomic mass is 35.5. The topological polar surface area (TPSA) is 98.9 Å². The van der Waals surface area contributed by atoms with Crippen molar-refractivity contribution in [2.75, 3.05) is 12.4 Å². The number of nitrogens with zero attached hydrogens (tertiary/aromatic N) is 6. The van der Waals surface area contributed by atoms with Gasteiger partial charge >= 0.3 is 0 Å². The summed E-state index contributed by atoms with van der Waals surface area (Å²) in [5.74, 6) is -1.48. The van der Waals surface area contributed by atoms with Crippen LogP contribution in [0.15, 0.2) is 41.8 Å². The number of hydrogen-bond acceptors (Lipinski definition) is 5. The minimum atomic E-state index is -2.99. The summed E-state index contributed by atoms with van der Waals surface area (Å²) in [6.07, 6.45) is 6.19. The first-order chi connectivity index (χ1) is 17.2. The molecule has 190 valence electrons. The first-order valence-electron chi connectivity index (χ1n) is 11.6. The molecule has 0 spiro atoms. The molecule has 1 atom stereocenters. The molecule has 3 aromatic rings. The number of pyridine rings is 1. The van der Waals surface area contributed by atoms with Gasteiger partial charge in [-0.1, -0.05) is 18.0 Å². The van der Waals surface area contributed by atoms with Crippen molar-refractivity contribution in [3.63, 3.8) is 0 Å². The highest BCUT2D eigenvalue weighted by molar-refractivity contribution is 6.33. The number of rotatable bonds is 5. The predicted molar refractivity (Wildman–Crippen MR) is 133 cm³/mol. The molecule has 0 aromatic carbocycles. The lowest BCUT2D eigenvalue weighted by Gasteiger charge is -2.44. The van der Waals surface area contributed by atoms with Crippen molar-refractivity contribution in [2.45, 2.75) is 56.8 Å². The van der Waals surface area contributed by atoms with Crippen molar-refractivity contribution in [3.8, 4) is 22.6 Å². The van der Waals surface area contributed by atoms with Gasteiger partial charge in [-0.15, -0.1) is 10.2 Å². The third-order valence-electron chi connectivity index (χ3n) is 7.04. The zero-order valence-electron chi connectivity index (χ0n) is 19.8. The van der Waals surface area contributed by atoms with Crippen LogP contribution in [0.5, 0.6) is 0 Å². The van der Waals surface area contributed by atoms with Crippen LogP contribution in [0.4, 0.5) is 19.0 Å². The number of amidine groups is 1. The smallest absolute Gasteiger partial charge is 0.257 e. The number of hydrogen-bond donors (Lipinski definition) is 2. The van der Waals surface area contributed by atoms with Crippen molar-refractivity contribution in [3.05, 3.63) is 47.6 Å². The van der Waals surface area contributed by atoms with Crippen molar-refractivity contribution in [1.82, 2.24) is 24.3 Å². The number of halogens is 4. The zero-order chi connectivity index (χ0) is 25.7. The highest BCUT2D eigenvalue weighted by Crippen LogP contribution is 2.53. The Bertz CT molecular complexity index is 1350. The summed E-state index contributed by atoms with van der Waals surface area (Å²) in [5.41, 5.74) is 5.97. The number of aliphatic imine (C=N–C) groups is 1. The fourth-order valence-corrected chi connectivity index (χ4v) is 5.21. The second-order valence-electron chi connectivity index (χ2n) is 9.29. The molecule has 0 amide bonds. The van der Waals surface area contributed by atoms with Crippen LogP contribution in [0.1, 0.15) is 32.0 Å². The summed E-state index contributed by atoms with van der Waals surface area (Å²) in [7, 11) is 1.62. The van der Waals surface area contributed by atoms with Gasteiger partial charge in [-0.25, -0.2) is 18.2 Å². The molecular formula is C24H26ClF3N8. The van der Waals surface area contributed by atoms with Crippen molar-refractivity contribution in [2.24, 2.45) is 10.7 Å². The quantitative estimate of drug-likeness (QED) is 0.373. The van der Waals surface area contributed by atoms with Crippen LogP contribution in [0.3, 0.4) is 0 Å². The van der Waals surface area contributed by atoms with E-state index in [1.807, 2.05) is 6.07 Å². The monoisotopic (exact) mass is 518 g/mol. The van der Waals surface area contributed by atoms with Crippen LogP contribution in [0.25, 0.3) is 22.6 Å². The number of alkyl halides is 3. The molecule has 0 radical (unpaired) electrons. The van der Waals surface area contributed by atoms with Gasteiger partial charge in [0.2, 0.25) is 0 Å². The molecule has 3 N–H and O–H groups in total. The van der Waals surface area contributed by atoms with E-state index >= 15 is 4.39 Å². The van der Waals surface area contributed by atoms with E-state index < -0.39 is 17.5 Å². The lowest BCUT2D eigenvalue weighted by Crippen LogP contribution is -2.50. The Labute approximate surface area is 211 Å². The molecule has 1 aliphatic carbocycles. The van der Waals surface area contributed by atoms with E-state index in [9.17, 15) is 8.78 Å². The van der Waals surface area contributed by atoms with Gasteiger partial charge in [-0.2, -0.15) is 0 Å². The van der Waals surface area contributed by atoms with Gasteiger partial charge in [-0.05, 0) is 37.3 Å². The number of nitrogens with two attached hydrogens (primary N) is 1. The van der Waals surface area contributed by atoms with Crippen LogP contribution < -0.4 is 11.1 Å². The first kappa shape index (κ1) is 24.4. The van der Waals surface area contributed by atoms with Gasteiger partial charge in [0.25, 0.3) is 5.92 Å². The molecule has 1 fully saturated rings. The minimum absolute atomic E-state index is 0.0510. The Hall–Kier alpha value is -3.34. The average Bonchev–Trinajstić information content (AvgIpc) is 3.34. The second-order valence-corrected chi connectivity index (χ2v) is 9.70. The number of anilines is 1.